The second-order valence-corrected chi connectivity index (χ2v) is 2.20. The number of imidazole rings is 1. The van der Waals surface area contributed by atoms with Crippen LogP contribution in [0.4, 0.5) is 4.39 Å². The first kappa shape index (κ1) is 6.15. The van der Waals surface area contributed by atoms with Gasteiger partial charge in [0.05, 0.1) is 5.52 Å². The van der Waals surface area contributed by atoms with Crippen LogP contribution in [0.25, 0.3) is 5.52 Å². The van der Waals surface area contributed by atoms with Gasteiger partial charge in [0, 0.05) is 6.20 Å². The first-order chi connectivity index (χ1) is 5.29. The van der Waals surface area contributed by atoms with Crippen molar-refractivity contribution in [3.8, 4) is 0 Å². The Morgan fingerprint density at radius 3 is 3.00 bits per heavy atom. The molecule has 3 nitrogen and oxygen atoms in total. The normalized spacial score (nSPS) is 10.6. The van der Waals surface area contributed by atoms with Crippen LogP contribution >= 0.6 is 0 Å². The number of H-pyrrole nitrogens is 1. The van der Waals surface area contributed by atoms with Crippen molar-refractivity contribution in [2.75, 3.05) is 0 Å². The largest absolute Gasteiger partial charge is 0.332 e. The van der Waals surface area contributed by atoms with Gasteiger partial charge in [-0.15, -0.1) is 0 Å². The van der Waals surface area contributed by atoms with Gasteiger partial charge in [0.25, 0.3) is 0 Å². The van der Waals surface area contributed by atoms with Crippen molar-refractivity contribution in [1.29, 1.82) is 0 Å². The molecule has 2 aromatic rings. The van der Waals surface area contributed by atoms with Crippen LogP contribution in [0.15, 0.2) is 29.2 Å². The molecule has 0 atom stereocenters. The van der Waals surface area contributed by atoms with Gasteiger partial charge in [-0.1, -0.05) is 6.07 Å². The molecule has 11 heavy (non-hydrogen) atoms. The Bertz CT molecular complexity index is 443. The van der Waals surface area contributed by atoms with Crippen molar-refractivity contribution in [2.45, 2.75) is 0 Å². The predicted molar refractivity (Wildman–Crippen MR) is 38.0 cm³/mol. The van der Waals surface area contributed by atoms with Crippen molar-refractivity contribution in [3.05, 3.63) is 40.8 Å². The molecule has 0 spiro atoms. The minimum absolute atomic E-state index is 0.446. The summed E-state index contributed by atoms with van der Waals surface area (Å²) in [5.74, 6) is -0.547. The fraction of sp³-hybridized carbons (Fsp3) is 0. The summed E-state index contributed by atoms with van der Waals surface area (Å²) >= 11 is 0. The Morgan fingerprint density at radius 1 is 1.45 bits per heavy atom. The number of nitrogens with zero attached hydrogens (tertiary/aromatic N) is 1. The lowest BCUT2D eigenvalue weighted by Gasteiger charge is -1.91. The molecule has 4 heteroatoms. The summed E-state index contributed by atoms with van der Waals surface area (Å²) in [6.07, 6.45) is 1.46. The molecule has 0 aliphatic heterocycles. The summed E-state index contributed by atoms with van der Waals surface area (Å²) in [5.41, 5.74) is 0.0908. The molecular weight excluding hydrogens is 147 g/mol. The number of hydrogen-bond donors (Lipinski definition) is 1. The molecule has 2 heterocycles. The molecule has 56 valence electrons. The summed E-state index contributed by atoms with van der Waals surface area (Å²) in [6.45, 7) is 0. The number of fused-ring (bicyclic) bond motifs is 1. The average Bonchev–Trinajstić information content (AvgIpc) is 2.34. The van der Waals surface area contributed by atoms with Gasteiger partial charge in [-0.05, 0) is 12.1 Å². The van der Waals surface area contributed by atoms with E-state index in [1.165, 1.54) is 12.3 Å². The molecule has 2 rings (SSSR count). The predicted octanol–water partition coefficient (Wildman–Crippen LogP) is 0.767. The van der Waals surface area contributed by atoms with E-state index in [0.717, 1.165) is 4.40 Å². The number of aromatic amines is 1. The molecule has 0 saturated heterocycles. The van der Waals surface area contributed by atoms with E-state index in [1.54, 1.807) is 12.1 Å². The Morgan fingerprint density at radius 2 is 2.27 bits per heavy atom. The molecule has 0 fully saturated rings. The van der Waals surface area contributed by atoms with E-state index in [2.05, 4.69) is 4.98 Å². The van der Waals surface area contributed by atoms with Crippen LogP contribution in [0.3, 0.4) is 0 Å². The fourth-order valence-corrected chi connectivity index (χ4v) is 1.03. The molecule has 0 unspecified atom stereocenters. The van der Waals surface area contributed by atoms with Crippen molar-refractivity contribution in [2.24, 2.45) is 0 Å². The van der Waals surface area contributed by atoms with Gasteiger partial charge >= 0.3 is 5.69 Å². The van der Waals surface area contributed by atoms with Gasteiger partial charge in [-0.2, -0.15) is 4.39 Å². The molecule has 2 aromatic heterocycles. The maximum atomic E-state index is 12.8. The van der Waals surface area contributed by atoms with Gasteiger partial charge in [-0.25, -0.2) is 9.20 Å². The summed E-state index contributed by atoms with van der Waals surface area (Å²) in [4.78, 5) is 13.3. The summed E-state index contributed by atoms with van der Waals surface area (Å²) in [6, 6.07) is 4.45. The highest BCUT2D eigenvalue weighted by Crippen LogP contribution is 2.00. The first-order valence-electron chi connectivity index (χ1n) is 3.14. The van der Waals surface area contributed by atoms with Crippen LogP contribution in [-0.2, 0) is 0 Å². The maximum absolute atomic E-state index is 12.8. The van der Waals surface area contributed by atoms with E-state index in [0.29, 0.717) is 5.52 Å². The molecule has 0 saturated carbocycles. The molecule has 0 radical (unpaired) electrons. The van der Waals surface area contributed by atoms with Crippen molar-refractivity contribution in [1.82, 2.24) is 9.38 Å². The van der Waals surface area contributed by atoms with E-state index in [1.807, 2.05) is 0 Å². The van der Waals surface area contributed by atoms with E-state index in [9.17, 15) is 9.18 Å². The lowest BCUT2D eigenvalue weighted by Crippen LogP contribution is -2.11. The number of hydrogen-bond acceptors (Lipinski definition) is 1. The van der Waals surface area contributed by atoms with E-state index in [-0.39, 0.29) is 0 Å². The number of halogens is 1. The molecule has 0 aliphatic rings. The molecule has 0 bridgehead atoms. The number of nitrogens with one attached hydrogen (secondary N) is 1. The summed E-state index contributed by atoms with van der Waals surface area (Å²) in [7, 11) is 0. The smallest absolute Gasteiger partial charge is 0.312 e. The number of pyridine rings is 1. The lowest BCUT2D eigenvalue weighted by molar-refractivity contribution is 0.561. The van der Waals surface area contributed by atoms with Gasteiger partial charge in [0.1, 0.15) is 0 Å². The highest BCUT2D eigenvalue weighted by atomic mass is 19.1. The zero-order valence-electron chi connectivity index (χ0n) is 5.54. The van der Waals surface area contributed by atoms with Crippen LogP contribution in [0, 0.1) is 5.95 Å². The summed E-state index contributed by atoms with van der Waals surface area (Å²) in [5, 5.41) is 0. The number of aromatic nitrogens is 2. The maximum Gasteiger partial charge on any atom is 0.332 e. The monoisotopic (exact) mass is 152 g/mol. The third kappa shape index (κ3) is 0.756. The first-order valence-corrected chi connectivity index (χ1v) is 3.14. The zero-order chi connectivity index (χ0) is 7.84. The van der Waals surface area contributed by atoms with Crippen LogP contribution in [0.5, 0.6) is 0 Å². The van der Waals surface area contributed by atoms with E-state index in [4.69, 9.17) is 0 Å². The summed E-state index contributed by atoms with van der Waals surface area (Å²) < 4.78 is 13.8. The molecular formula is C7H5FN2O. The van der Waals surface area contributed by atoms with Crippen LogP contribution in [0.1, 0.15) is 0 Å². The number of rotatable bonds is 0. The lowest BCUT2D eigenvalue weighted by atomic mass is 10.4. The molecule has 0 amide bonds. The average molecular weight is 152 g/mol. The van der Waals surface area contributed by atoms with Crippen LogP contribution < -0.4 is 5.69 Å². The fourth-order valence-electron chi connectivity index (χ4n) is 1.03. The Labute approximate surface area is 61.1 Å². The second-order valence-electron chi connectivity index (χ2n) is 2.20. The minimum Gasteiger partial charge on any atom is -0.312 e. The van der Waals surface area contributed by atoms with Crippen molar-refractivity contribution < 1.29 is 4.39 Å². The Balaban J connectivity index is 3.08. The van der Waals surface area contributed by atoms with E-state index < -0.39 is 11.6 Å². The van der Waals surface area contributed by atoms with Gasteiger partial charge < -0.3 is 4.98 Å². The second kappa shape index (κ2) is 1.95. The molecule has 0 aromatic carbocycles. The van der Waals surface area contributed by atoms with Crippen LogP contribution in [-0.4, -0.2) is 9.38 Å². The van der Waals surface area contributed by atoms with Gasteiger partial charge in [-0.3, -0.25) is 0 Å². The van der Waals surface area contributed by atoms with Crippen molar-refractivity contribution in [3.63, 3.8) is 0 Å². The van der Waals surface area contributed by atoms with Crippen LogP contribution in [0.2, 0.25) is 0 Å². The SMILES string of the molecule is O=c1[nH]cc2cccc(F)n12. The highest BCUT2D eigenvalue weighted by Gasteiger charge is 2.00. The van der Waals surface area contributed by atoms with Gasteiger partial charge in [0.2, 0.25) is 5.95 Å². The highest BCUT2D eigenvalue weighted by molar-refractivity contribution is 5.43. The molecule has 0 aliphatic carbocycles. The minimum atomic E-state index is -0.547. The van der Waals surface area contributed by atoms with Gasteiger partial charge in [0.15, 0.2) is 0 Å². The van der Waals surface area contributed by atoms with Crippen molar-refractivity contribution >= 4 is 5.52 Å². The molecule has 1 N–H and O–H groups in total. The Hall–Kier alpha value is -1.58. The standard InChI is InChI=1S/C7H5FN2O/c8-6-3-1-2-5-4-9-7(11)10(5)6/h1-4H,(H,9,11). The zero-order valence-corrected chi connectivity index (χ0v) is 5.54. The quantitative estimate of drug-likeness (QED) is 0.556. The third-order valence-electron chi connectivity index (χ3n) is 1.52. The topological polar surface area (TPSA) is 37.3 Å². The van der Waals surface area contributed by atoms with E-state index >= 15 is 0 Å². The third-order valence-corrected chi connectivity index (χ3v) is 1.52. The Kier molecular flexibility index (Phi) is 1.09.